The molecule has 0 N–H and O–H groups in total. The first-order valence-corrected chi connectivity index (χ1v) is 10.1. The molecule has 3 aromatic heterocycles. The summed E-state index contributed by atoms with van der Waals surface area (Å²) in [7, 11) is 0. The van der Waals surface area contributed by atoms with Gasteiger partial charge in [-0.3, -0.25) is 9.48 Å². The predicted molar refractivity (Wildman–Crippen MR) is 112 cm³/mol. The van der Waals surface area contributed by atoms with Crippen LogP contribution in [0.1, 0.15) is 16.2 Å². The number of pyridine rings is 1. The molecule has 4 heterocycles. The molecule has 10 heteroatoms. The second kappa shape index (κ2) is 8.31. The summed E-state index contributed by atoms with van der Waals surface area (Å²) in [6.07, 6.45) is 6.15. The summed E-state index contributed by atoms with van der Waals surface area (Å²) in [5.41, 5.74) is 3.21. The number of aryl methyl sites for hydroxylation is 1. The van der Waals surface area contributed by atoms with E-state index in [9.17, 15) is 9.18 Å². The van der Waals surface area contributed by atoms with Crippen molar-refractivity contribution in [1.29, 1.82) is 0 Å². The van der Waals surface area contributed by atoms with Gasteiger partial charge in [0.2, 0.25) is 0 Å². The average Bonchev–Trinajstić information content (AvgIpc) is 3.56. The predicted octanol–water partition coefficient (Wildman–Crippen LogP) is 2.47. The van der Waals surface area contributed by atoms with Crippen molar-refractivity contribution in [2.24, 2.45) is 0 Å². The Bertz CT molecular complexity index is 1240. The van der Waals surface area contributed by atoms with E-state index in [0.717, 1.165) is 16.8 Å². The minimum atomic E-state index is -0.496. The van der Waals surface area contributed by atoms with E-state index in [0.29, 0.717) is 25.4 Å². The third kappa shape index (κ3) is 3.87. The molecule has 1 aromatic carbocycles. The maximum Gasteiger partial charge on any atom is 0.276 e. The van der Waals surface area contributed by atoms with Crippen LogP contribution >= 0.6 is 0 Å². The molecular formula is C22H20FN7O2. The molecular weight excluding hydrogens is 413 g/mol. The minimum absolute atomic E-state index is 0.255. The van der Waals surface area contributed by atoms with Gasteiger partial charge in [-0.05, 0) is 36.8 Å². The Morgan fingerprint density at radius 1 is 1.09 bits per heavy atom. The van der Waals surface area contributed by atoms with Crippen LogP contribution in [-0.4, -0.2) is 59.9 Å². The molecule has 0 saturated carbocycles. The van der Waals surface area contributed by atoms with E-state index in [2.05, 4.69) is 20.3 Å². The van der Waals surface area contributed by atoms with Crippen molar-refractivity contribution < 1.29 is 13.9 Å². The Balaban J connectivity index is 1.37. The Morgan fingerprint density at radius 2 is 1.88 bits per heavy atom. The zero-order valence-electron chi connectivity index (χ0n) is 17.3. The Kier molecular flexibility index (Phi) is 5.20. The van der Waals surface area contributed by atoms with Gasteiger partial charge < -0.3 is 9.64 Å². The monoisotopic (exact) mass is 433 g/mol. The minimum Gasteiger partial charge on any atom is -0.354 e. The van der Waals surface area contributed by atoms with Crippen LogP contribution in [0, 0.1) is 12.7 Å². The van der Waals surface area contributed by atoms with Gasteiger partial charge in [0.1, 0.15) is 11.5 Å². The van der Waals surface area contributed by atoms with Crippen LogP contribution in [0.5, 0.6) is 0 Å². The zero-order chi connectivity index (χ0) is 22.1. The van der Waals surface area contributed by atoms with E-state index in [-0.39, 0.29) is 17.4 Å². The maximum atomic E-state index is 13.4. The molecule has 162 valence electrons. The highest BCUT2D eigenvalue weighted by molar-refractivity contribution is 5.96. The zero-order valence-corrected chi connectivity index (χ0v) is 17.3. The number of benzene rings is 1. The van der Waals surface area contributed by atoms with E-state index in [1.165, 1.54) is 16.9 Å². The van der Waals surface area contributed by atoms with Crippen LogP contribution < -0.4 is 0 Å². The average molecular weight is 433 g/mol. The Hall–Kier alpha value is -3.92. The maximum absolute atomic E-state index is 13.4. The van der Waals surface area contributed by atoms with Crippen molar-refractivity contribution >= 4 is 5.91 Å². The molecule has 0 radical (unpaired) electrons. The molecule has 9 nitrogen and oxygen atoms in total. The third-order valence-corrected chi connectivity index (χ3v) is 5.25. The first-order valence-electron chi connectivity index (χ1n) is 10.1. The first-order chi connectivity index (χ1) is 15.6. The summed E-state index contributed by atoms with van der Waals surface area (Å²) in [5.74, 6) is -0.543. The molecule has 0 bridgehead atoms. The van der Waals surface area contributed by atoms with Crippen molar-refractivity contribution in [3.8, 4) is 16.8 Å². The summed E-state index contributed by atoms with van der Waals surface area (Å²) < 4.78 is 20.7. The fraction of sp³-hybridized carbons (Fsp3) is 0.227. The highest BCUT2D eigenvalue weighted by atomic mass is 19.1. The molecule has 1 fully saturated rings. The number of hydrogen-bond acceptors (Lipinski definition) is 6. The number of carbonyl (C=O) groups is 1. The molecule has 1 atom stereocenters. The lowest BCUT2D eigenvalue weighted by Crippen LogP contribution is -2.39. The van der Waals surface area contributed by atoms with Crippen LogP contribution in [0.15, 0.2) is 61.2 Å². The number of hydrogen-bond donors (Lipinski definition) is 0. The van der Waals surface area contributed by atoms with Crippen molar-refractivity contribution in [2.75, 3.05) is 13.2 Å². The van der Waals surface area contributed by atoms with Gasteiger partial charge in [0.25, 0.3) is 5.91 Å². The second-order valence-electron chi connectivity index (χ2n) is 7.42. The Morgan fingerprint density at radius 3 is 2.66 bits per heavy atom. The number of amides is 1. The summed E-state index contributed by atoms with van der Waals surface area (Å²) >= 11 is 0. The Labute approximate surface area is 183 Å². The van der Waals surface area contributed by atoms with Gasteiger partial charge in [0.05, 0.1) is 31.7 Å². The topological polar surface area (TPSA) is 91.0 Å². The van der Waals surface area contributed by atoms with Gasteiger partial charge in [-0.2, -0.15) is 15.3 Å². The van der Waals surface area contributed by atoms with Crippen molar-refractivity contribution in [1.82, 2.24) is 34.7 Å². The highest BCUT2D eigenvalue weighted by Gasteiger charge is 2.33. The number of nitrogens with zero attached hydrogens (tertiary/aromatic N) is 7. The molecule has 32 heavy (non-hydrogen) atoms. The SMILES string of the molecule is Cc1ccc(-n2nccn2)c(C(=O)N2CCOC2Cn2cc(-c3ccc(F)cc3)cn2)n1. The first kappa shape index (κ1) is 20.0. The van der Waals surface area contributed by atoms with Crippen LogP contribution in [0.4, 0.5) is 4.39 Å². The van der Waals surface area contributed by atoms with Gasteiger partial charge in [-0.15, -0.1) is 4.80 Å². The number of carbonyl (C=O) groups excluding carboxylic acids is 1. The number of halogens is 1. The van der Waals surface area contributed by atoms with Crippen molar-refractivity contribution in [2.45, 2.75) is 19.7 Å². The normalized spacial score (nSPS) is 15.9. The largest absolute Gasteiger partial charge is 0.354 e. The molecule has 1 aliphatic heterocycles. The molecule has 0 spiro atoms. The molecule has 0 aliphatic carbocycles. The summed E-state index contributed by atoms with van der Waals surface area (Å²) in [5, 5.41) is 12.7. The van der Waals surface area contributed by atoms with E-state index in [4.69, 9.17) is 4.74 Å². The highest BCUT2D eigenvalue weighted by Crippen LogP contribution is 2.22. The molecule has 1 unspecified atom stereocenters. The van der Waals surface area contributed by atoms with Gasteiger partial charge in [0.15, 0.2) is 11.9 Å². The van der Waals surface area contributed by atoms with Crippen LogP contribution in [-0.2, 0) is 11.3 Å². The van der Waals surface area contributed by atoms with E-state index >= 15 is 0 Å². The molecule has 1 aliphatic rings. The van der Waals surface area contributed by atoms with Crippen molar-refractivity contribution in [3.05, 3.63) is 78.4 Å². The molecule has 1 amide bonds. The van der Waals surface area contributed by atoms with Gasteiger partial charge in [-0.25, -0.2) is 9.37 Å². The molecule has 5 rings (SSSR count). The van der Waals surface area contributed by atoms with Crippen LogP contribution in [0.25, 0.3) is 16.8 Å². The summed E-state index contributed by atoms with van der Waals surface area (Å²) in [6.45, 7) is 3.05. The summed E-state index contributed by atoms with van der Waals surface area (Å²) in [4.78, 5) is 20.9. The number of rotatable bonds is 5. The lowest BCUT2D eigenvalue weighted by atomic mass is 10.1. The van der Waals surface area contributed by atoms with E-state index in [1.807, 2.05) is 19.2 Å². The van der Waals surface area contributed by atoms with E-state index < -0.39 is 6.23 Å². The quantitative estimate of drug-likeness (QED) is 0.480. The van der Waals surface area contributed by atoms with E-state index in [1.54, 1.807) is 46.4 Å². The van der Waals surface area contributed by atoms with Crippen molar-refractivity contribution in [3.63, 3.8) is 0 Å². The van der Waals surface area contributed by atoms with Gasteiger partial charge >= 0.3 is 0 Å². The van der Waals surface area contributed by atoms with Gasteiger partial charge in [-0.1, -0.05) is 12.1 Å². The number of ether oxygens (including phenoxy) is 1. The third-order valence-electron chi connectivity index (χ3n) is 5.25. The van der Waals surface area contributed by atoms with Crippen LogP contribution in [0.3, 0.4) is 0 Å². The standard InChI is InChI=1S/C22H20FN7O2/c1-15-2-7-19(30-24-8-9-25-30)21(27-15)22(31)29-10-11-32-20(29)14-28-13-17(12-26-28)16-3-5-18(23)6-4-16/h2-9,12-13,20H,10-11,14H2,1H3. The smallest absolute Gasteiger partial charge is 0.276 e. The second-order valence-corrected chi connectivity index (χ2v) is 7.42. The lowest BCUT2D eigenvalue weighted by molar-refractivity contribution is 0.0168. The fourth-order valence-electron chi connectivity index (χ4n) is 3.66. The fourth-order valence-corrected chi connectivity index (χ4v) is 3.66. The molecule has 1 saturated heterocycles. The molecule has 4 aromatic rings. The lowest BCUT2D eigenvalue weighted by Gasteiger charge is -2.23. The van der Waals surface area contributed by atoms with Crippen LogP contribution in [0.2, 0.25) is 0 Å². The number of aromatic nitrogens is 6. The van der Waals surface area contributed by atoms with Gasteiger partial charge in [0, 0.05) is 24.0 Å². The summed E-state index contributed by atoms with van der Waals surface area (Å²) in [6, 6.07) is 9.82.